The largest absolute Gasteiger partial charge is 0.494 e. The number of nitrogens with one attached hydrogen (secondary N) is 1. The van der Waals surface area contributed by atoms with E-state index in [1.165, 1.54) is 24.8 Å². The molecular weight excluding hydrogens is 246 g/mol. The van der Waals surface area contributed by atoms with Crippen molar-refractivity contribution in [1.29, 1.82) is 0 Å². The third kappa shape index (κ3) is 5.16. The van der Waals surface area contributed by atoms with E-state index in [1.54, 1.807) is 0 Å². The first kappa shape index (κ1) is 17.0. The predicted molar refractivity (Wildman–Crippen MR) is 87.3 cm³/mol. The van der Waals surface area contributed by atoms with Crippen LogP contribution in [0.1, 0.15) is 65.0 Å². The maximum Gasteiger partial charge on any atom is 0.124 e. The molecule has 0 aromatic heterocycles. The Balaban J connectivity index is 2.90. The summed E-state index contributed by atoms with van der Waals surface area (Å²) >= 11 is 0. The SMILES string of the molecule is CCCNC(CC(CC)CC)c1ccccc1OCC. The lowest BCUT2D eigenvalue weighted by Gasteiger charge is -2.25. The molecule has 0 fully saturated rings. The van der Waals surface area contributed by atoms with Gasteiger partial charge in [-0.05, 0) is 38.3 Å². The van der Waals surface area contributed by atoms with Crippen LogP contribution in [0.5, 0.6) is 5.75 Å². The number of ether oxygens (including phenoxy) is 1. The van der Waals surface area contributed by atoms with Crippen LogP contribution in [0.3, 0.4) is 0 Å². The third-order valence-corrected chi connectivity index (χ3v) is 3.96. The van der Waals surface area contributed by atoms with Crippen LogP contribution in [0, 0.1) is 5.92 Å². The zero-order valence-electron chi connectivity index (χ0n) is 13.6. The summed E-state index contributed by atoms with van der Waals surface area (Å²) in [5, 5.41) is 3.70. The van der Waals surface area contributed by atoms with E-state index >= 15 is 0 Å². The summed E-state index contributed by atoms with van der Waals surface area (Å²) < 4.78 is 5.81. The lowest BCUT2D eigenvalue weighted by Crippen LogP contribution is -2.25. The van der Waals surface area contributed by atoms with Crippen molar-refractivity contribution in [2.24, 2.45) is 5.92 Å². The molecule has 0 saturated carbocycles. The maximum atomic E-state index is 5.81. The molecule has 0 aliphatic rings. The topological polar surface area (TPSA) is 21.3 Å². The summed E-state index contributed by atoms with van der Waals surface area (Å²) in [5.74, 6) is 1.81. The van der Waals surface area contributed by atoms with Crippen molar-refractivity contribution in [3.05, 3.63) is 29.8 Å². The van der Waals surface area contributed by atoms with Gasteiger partial charge in [-0.15, -0.1) is 0 Å². The highest BCUT2D eigenvalue weighted by molar-refractivity contribution is 5.36. The van der Waals surface area contributed by atoms with Crippen molar-refractivity contribution in [3.8, 4) is 5.75 Å². The van der Waals surface area contributed by atoms with Crippen molar-refractivity contribution in [3.63, 3.8) is 0 Å². The van der Waals surface area contributed by atoms with Crippen molar-refractivity contribution in [2.45, 2.75) is 59.4 Å². The van der Waals surface area contributed by atoms with Gasteiger partial charge in [-0.3, -0.25) is 0 Å². The smallest absolute Gasteiger partial charge is 0.124 e. The molecule has 0 aliphatic heterocycles. The minimum atomic E-state index is 0.405. The highest BCUT2D eigenvalue weighted by Crippen LogP contribution is 2.31. The van der Waals surface area contributed by atoms with Crippen LogP contribution in [0.25, 0.3) is 0 Å². The van der Waals surface area contributed by atoms with Gasteiger partial charge in [-0.1, -0.05) is 51.8 Å². The average Bonchev–Trinajstić information content (AvgIpc) is 2.49. The summed E-state index contributed by atoms with van der Waals surface area (Å²) in [6.07, 6.45) is 4.85. The fourth-order valence-corrected chi connectivity index (χ4v) is 2.65. The normalized spacial score (nSPS) is 12.7. The summed E-state index contributed by atoms with van der Waals surface area (Å²) in [4.78, 5) is 0. The van der Waals surface area contributed by atoms with Crippen LogP contribution in [0.2, 0.25) is 0 Å². The molecule has 0 bridgehead atoms. The zero-order chi connectivity index (χ0) is 14.8. The van der Waals surface area contributed by atoms with E-state index in [2.05, 4.69) is 50.4 Å². The van der Waals surface area contributed by atoms with Crippen molar-refractivity contribution in [1.82, 2.24) is 5.32 Å². The van der Waals surface area contributed by atoms with E-state index in [-0.39, 0.29) is 0 Å². The minimum absolute atomic E-state index is 0.405. The molecule has 0 amide bonds. The highest BCUT2D eigenvalue weighted by atomic mass is 16.5. The molecule has 2 heteroatoms. The summed E-state index contributed by atoms with van der Waals surface area (Å²) in [5.41, 5.74) is 1.31. The van der Waals surface area contributed by atoms with Gasteiger partial charge in [0.1, 0.15) is 5.75 Å². The molecule has 114 valence electrons. The lowest BCUT2D eigenvalue weighted by molar-refractivity contribution is 0.319. The van der Waals surface area contributed by atoms with Crippen LogP contribution < -0.4 is 10.1 Å². The second-order valence-electron chi connectivity index (χ2n) is 5.40. The second-order valence-corrected chi connectivity index (χ2v) is 5.40. The Kier molecular flexibility index (Phi) is 8.36. The Morgan fingerprint density at radius 1 is 1.05 bits per heavy atom. The van der Waals surface area contributed by atoms with Crippen LogP contribution in [-0.2, 0) is 0 Å². The Hall–Kier alpha value is -1.02. The van der Waals surface area contributed by atoms with Gasteiger partial charge in [0.2, 0.25) is 0 Å². The van der Waals surface area contributed by atoms with E-state index in [9.17, 15) is 0 Å². The van der Waals surface area contributed by atoms with Gasteiger partial charge in [0.15, 0.2) is 0 Å². The first-order valence-corrected chi connectivity index (χ1v) is 8.21. The molecule has 2 nitrogen and oxygen atoms in total. The fraction of sp³-hybridized carbons (Fsp3) is 0.667. The van der Waals surface area contributed by atoms with E-state index in [4.69, 9.17) is 4.74 Å². The van der Waals surface area contributed by atoms with Gasteiger partial charge in [0, 0.05) is 11.6 Å². The summed E-state index contributed by atoms with van der Waals surface area (Å²) in [6, 6.07) is 8.88. The quantitative estimate of drug-likeness (QED) is 0.653. The van der Waals surface area contributed by atoms with Crippen LogP contribution >= 0.6 is 0 Å². The van der Waals surface area contributed by atoms with E-state index in [1.807, 2.05) is 6.92 Å². The molecule has 1 aromatic rings. The summed E-state index contributed by atoms with van der Waals surface area (Å²) in [7, 11) is 0. The molecule has 1 rings (SSSR count). The maximum absolute atomic E-state index is 5.81. The van der Waals surface area contributed by atoms with Gasteiger partial charge in [0.25, 0.3) is 0 Å². The van der Waals surface area contributed by atoms with Gasteiger partial charge in [-0.2, -0.15) is 0 Å². The van der Waals surface area contributed by atoms with Crippen molar-refractivity contribution >= 4 is 0 Å². The Morgan fingerprint density at radius 3 is 2.35 bits per heavy atom. The highest BCUT2D eigenvalue weighted by Gasteiger charge is 2.18. The van der Waals surface area contributed by atoms with Crippen LogP contribution in [0.15, 0.2) is 24.3 Å². The van der Waals surface area contributed by atoms with Crippen LogP contribution in [-0.4, -0.2) is 13.2 Å². The lowest BCUT2D eigenvalue weighted by atomic mass is 9.90. The number of hydrogen-bond donors (Lipinski definition) is 1. The number of para-hydroxylation sites is 1. The van der Waals surface area contributed by atoms with Crippen molar-refractivity contribution < 1.29 is 4.74 Å². The number of benzene rings is 1. The zero-order valence-corrected chi connectivity index (χ0v) is 13.6. The molecular formula is C18H31NO. The molecule has 1 unspecified atom stereocenters. The molecule has 0 radical (unpaired) electrons. The molecule has 0 saturated heterocycles. The standard InChI is InChI=1S/C18H31NO/c1-5-13-19-17(14-15(6-2)7-3)16-11-9-10-12-18(16)20-8-4/h9-12,15,17,19H,5-8,13-14H2,1-4H3. The molecule has 0 spiro atoms. The average molecular weight is 277 g/mol. The number of hydrogen-bond acceptors (Lipinski definition) is 2. The minimum Gasteiger partial charge on any atom is -0.494 e. The Labute approximate surface area is 124 Å². The Bertz CT molecular complexity index is 360. The van der Waals surface area contributed by atoms with E-state index in [0.29, 0.717) is 6.04 Å². The number of rotatable bonds is 10. The van der Waals surface area contributed by atoms with Gasteiger partial charge in [-0.25, -0.2) is 0 Å². The second kappa shape index (κ2) is 9.82. The van der Waals surface area contributed by atoms with Crippen molar-refractivity contribution in [2.75, 3.05) is 13.2 Å². The first-order valence-electron chi connectivity index (χ1n) is 8.21. The molecule has 1 N–H and O–H groups in total. The first-order chi connectivity index (χ1) is 9.76. The monoisotopic (exact) mass is 277 g/mol. The van der Waals surface area contributed by atoms with E-state index in [0.717, 1.165) is 31.2 Å². The molecule has 1 aromatic carbocycles. The van der Waals surface area contributed by atoms with Gasteiger partial charge in [0.05, 0.1) is 6.61 Å². The van der Waals surface area contributed by atoms with E-state index < -0.39 is 0 Å². The third-order valence-electron chi connectivity index (χ3n) is 3.96. The molecule has 20 heavy (non-hydrogen) atoms. The predicted octanol–water partition coefficient (Wildman–Crippen LogP) is 4.95. The Morgan fingerprint density at radius 2 is 1.75 bits per heavy atom. The summed E-state index contributed by atoms with van der Waals surface area (Å²) in [6.45, 7) is 10.6. The molecule has 1 atom stereocenters. The van der Waals surface area contributed by atoms with Crippen LogP contribution in [0.4, 0.5) is 0 Å². The van der Waals surface area contributed by atoms with Gasteiger partial charge >= 0.3 is 0 Å². The fourth-order valence-electron chi connectivity index (χ4n) is 2.65. The molecule has 0 aliphatic carbocycles. The van der Waals surface area contributed by atoms with Gasteiger partial charge < -0.3 is 10.1 Å². The molecule has 0 heterocycles.